The summed E-state index contributed by atoms with van der Waals surface area (Å²) >= 11 is 0. The Bertz CT molecular complexity index is 256. The molecule has 0 aromatic rings. The second-order valence-electron chi connectivity index (χ2n) is 5.49. The zero-order valence-corrected chi connectivity index (χ0v) is 10.8. The van der Waals surface area contributed by atoms with E-state index in [0.29, 0.717) is 25.8 Å². The number of rotatable bonds is 5. The van der Waals surface area contributed by atoms with Crippen molar-refractivity contribution < 1.29 is 18.3 Å². The Kier molecular flexibility index (Phi) is 5.43. The zero-order chi connectivity index (χ0) is 13.8. The van der Waals surface area contributed by atoms with Gasteiger partial charge in [0, 0.05) is 13.1 Å². The molecule has 0 aromatic heterocycles. The van der Waals surface area contributed by atoms with E-state index in [4.69, 9.17) is 5.73 Å². The number of hydrogen-bond donors (Lipinski definition) is 2. The average molecular weight is 268 g/mol. The summed E-state index contributed by atoms with van der Waals surface area (Å²) in [5, 5.41) is 9.71. The van der Waals surface area contributed by atoms with Crippen LogP contribution in [0.15, 0.2) is 0 Å². The van der Waals surface area contributed by atoms with E-state index in [1.165, 1.54) is 0 Å². The quantitative estimate of drug-likeness (QED) is 0.798. The molecule has 6 heteroatoms. The molecule has 0 spiro atoms. The third-order valence-electron chi connectivity index (χ3n) is 3.60. The summed E-state index contributed by atoms with van der Waals surface area (Å²) in [6.07, 6.45) is -2.05. The molecule has 1 aliphatic rings. The second-order valence-corrected chi connectivity index (χ2v) is 5.49. The number of nitrogens with zero attached hydrogens (tertiary/aromatic N) is 1. The van der Waals surface area contributed by atoms with Crippen molar-refractivity contribution >= 4 is 0 Å². The fraction of sp³-hybridized carbons (Fsp3) is 1.00. The first-order valence-electron chi connectivity index (χ1n) is 6.46. The summed E-state index contributed by atoms with van der Waals surface area (Å²) in [7, 11) is 0. The molecule has 1 heterocycles. The van der Waals surface area contributed by atoms with Crippen molar-refractivity contribution in [2.75, 3.05) is 26.2 Å². The number of piperidine rings is 1. The lowest BCUT2D eigenvalue weighted by Gasteiger charge is -2.34. The number of aliphatic hydroxyl groups is 1. The summed E-state index contributed by atoms with van der Waals surface area (Å²) in [4.78, 5) is 1.84. The van der Waals surface area contributed by atoms with Gasteiger partial charge in [0.1, 0.15) is 0 Å². The van der Waals surface area contributed by atoms with Crippen molar-refractivity contribution in [2.45, 2.75) is 44.4 Å². The van der Waals surface area contributed by atoms with Gasteiger partial charge in [0.25, 0.3) is 0 Å². The third-order valence-corrected chi connectivity index (χ3v) is 3.60. The van der Waals surface area contributed by atoms with Crippen molar-refractivity contribution in [2.24, 2.45) is 11.7 Å². The van der Waals surface area contributed by atoms with Crippen molar-refractivity contribution in [3.8, 4) is 0 Å². The summed E-state index contributed by atoms with van der Waals surface area (Å²) in [6.45, 7) is 3.24. The Balaban J connectivity index is 2.31. The van der Waals surface area contributed by atoms with Gasteiger partial charge in [-0.05, 0) is 45.7 Å². The van der Waals surface area contributed by atoms with E-state index >= 15 is 0 Å². The molecule has 3 N–H and O–H groups in total. The molecule has 1 aliphatic heterocycles. The van der Waals surface area contributed by atoms with Crippen LogP contribution in [0, 0.1) is 5.92 Å². The lowest BCUT2D eigenvalue weighted by atomic mass is 9.96. The topological polar surface area (TPSA) is 49.5 Å². The van der Waals surface area contributed by atoms with Crippen molar-refractivity contribution in [1.29, 1.82) is 0 Å². The van der Waals surface area contributed by atoms with Crippen LogP contribution in [0.4, 0.5) is 13.2 Å². The number of likely N-dealkylation sites (tertiary alicyclic amines) is 1. The van der Waals surface area contributed by atoms with Gasteiger partial charge in [-0.3, -0.25) is 0 Å². The zero-order valence-electron chi connectivity index (χ0n) is 10.8. The normalized spacial score (nSPS) is 26.0. The minimum Gasteiger partial charge on any atom is -0.389 e. The summed E-state index contributed by atoms with van der Waals surface area (Å²) in [5.74, 6) is -1.19. The molecule has 108 valence electrons. The number of halogens is 3. The van der Waals surface area contributed by atoms with Gasteiger partial charge in [0.2, 0.25) is 0 Å². The number of hydrogen-bond acceptors (Lipinski definition) is 3. The number of alkyl halides is 3. The maximum atomic E-state index is 12.6. The molecule has 2 unspecified atom stereocenters. The molecule has 3 nitrogen and oxygen atoms in total. The summed E-state index contributed by atoms with van der Waals surface area (Å²) < 4.78 is 37.8. The third kappa shape index (κ3) is 5.12. The van der Waals surface area contributed by atoms with Gasteiger partial charge >= 0.3 is 6.18 Å². The molecule has 1 saturated heterocycles. The fourth-order valence-corrected chi connectivity index (χ4v) is 2.31. The second kappa shape index (κ2) is 6.21. The number of nitrogens with two attached hydrogens (primary N) is 1. The van der Waals surface area contributed by atoms with Crippen LogP contribution in [0.1, 0.15) is 32.6 Å². The predicted octanol–water partition coefficient (Wildman–Crippen LogP) is 1.75. The first kappa shape index (κ1) is 15.7. The molecule has 1 fully saturated rings. The summed E-state index contributed by atoms with van der Waals surface area (Å²) in [6, 6.07) is 0. The van der Waals surface area contributed by atoms with Crippen molar-refractivity contribution in [3.63, 3.8) is 0 Å². The highest BCUT2D eigenvalue weighted by molar-refractivity contribution is 4.79. The first-order valence-corrected chi connectivity index (χ1v) is 6.46. The van der Waals surface area contributed by atoms with Gasteiger partial charge in [-0.2, -0.15) is 13.2 Å². The van der Waals surface area contributed by atoms with Crippen molar-refractivity contribution in [3.05, 3.63) is 0 Å². The smallest absolute Gasteiger partial charge is 0.389 e. The monoisotopic (exact) mass is 268 g/mol. The summed E-state index contributed by atoms with van der Waals surface area (Å²) in [5.41, 5.74) is 4.49. The molecular formula is C12H23F3N2O. The van der Waals surface area contributed by atoms with E-state index in [9.17, 15) is 18.3 Å². The van der Waals surface area contributed by atoms with E-state index in [2.05, 4.69) is 0 Å². The molecule has 0 saturated carbocycles. The lowest BCUT2D eigenvalue weighted by Crippen LogP contribution is -2.42. The standard InChI is InChI=1S/C12H23F3N2O/c1-11(18,9-16)5-3-7-17-6-2-4-10(8-17)12(13,14)15/h10,18H,2-9,16H2,1H3. The Morgan fingerprint density at radius 3 is 2.61 bits per heavy atom. The Hall–Kier alpha value is -0.330. The first-order chi connectivity index (χ1) is 8.24. The van der Waals surface area contributed by atoms with E-state index < -0.39 is 17.7 Å². The van der Waals surface area contributed by atoms with Crippen LogP contribution in [0.25, 0.3) is 0 Å². The van der Waals surface area contributed by atoms with Crippen molar-refractivity contribution in [1.82, 2.24) is 4.90 Å². The Morgan fingerprint density at radius 1 is 1.39 bits per heavy atom. The van der Waals surface area contributed by atoms with Crippen LogP contribution >= 0.6 is 0 Å². The van der Waals surface area contributed by atoms with Crippen LogP contribution < -0.4 is 5.73 Å². The van der Waals surface area contributed by atoms with Gasteiger partial charge < -0.3 is 15.7 Å². The van der Waals surface area contributed by atoms with Gasteiger partial charge in [0.15, 0.2) is 0 Å². The largest absolute Gasteiger partial charge is 0.393 e. The minimum atomic E-state index is -4.08. The van der Waals surface area contributed by atoms with Crippen LogP contribution in [0.3, 0.4) is 0 Å². The molecule has 0 amide bonds. The van der Waals surface area contributed by atoms with Crippen LogP contribution in [0.5, 0.6) is 0 Å². The molecular weight excluding hydrogens is 245 g/mol. The molecule has 18 heavy (non-hydrogen) atoms. The molecule has 0 bridgehead atoms. The predicted molar refractivity (Wildman–Crippen MR) is 64.1 cm³/mol. The van der Waals surface area contributed by atoms with Crippen LogP contribution in [-0.4, -0.2) is 48.0 Å². The van der Waals surface area contributed by atoms with Crippen LogP contribution in [-0.2, 0) is 0 Å². The molecule has 0 radical (unpaired) electrons. The van der Waals surface area contributed by atoms with Gasteiger partial charge in [-0.1, -0.05) is 0 Å². The fourth-order valence-electron chi connectivity index (χ4n) is 2.31. The molecule has 1 rings (SSSR count). The van der Waals surface area contributed by atoms with Gasteiger partial charge in [-0.15, -0.1) is 0 Å². The maximum Gasteiger partial charge on any atom is 0.393 e. The van der Waals surface area contributed by atoms with E-state index in [0.717, 1.165) is 6.54 Å². The molecule has 0 aromatic carbocycles. The average Bonchev–Trinajstić information content (AvgIpc) is 2.28. The van der Waals surface area contributed by atoms with Gasteiger partial charge in [0.05, 0.1) is 11.5 Å². The Morgan fingerprint density at radius 2 is 2.06 bits per heavy atom. The van der Waals surface area contributed by atoms with E-state index in [-0.39, 0.29) is 19.5 Å². The molecule has 0 aliphatic carbocycles. The lowest BCUT2D eigenvalue weighted by molar-refractivity contribution is -0.186. The minimum absolute atomic E-state index is 0.0915. The van der Waals surface area contributed by atoms with Gasteiger partial charge in [-0.25, -0.2) is 0 Å². The van der Waals surface area contributed by atoms with E-state index in [1.807, 2.05) is 4.90 Å². The maximum absolute atomic E-state index is 12.6. The van der Waals surface area contributed by atoms with E-state index in [1.54, 1.807) is 6.92 Å². The highest BCUT2D eigenvalue weighted by atomic mass is 19.4. The SMILES string of the molecule is CC(O)(CN)CCCN1CCCC(C(F)(F)F)C1. The highest BCUT2D eigenvalue weighted by Gasteiger charge is 2.41. The highest BCUT2D eigenvalue weighted by Crippen LogP contribution is 2.33. The van der Waals surface area contributed by atoms with Crippen LogP contribution in [0.2, 0.25) is 0 Å². The Labute approximate surface area is 106 Å². The molecule has 2 atom stereocenters.